The number of rotatable bonds is 6. The van der Waals surface area contributed by atoms with Crippen molar-refractivity contribution in [3.05, 3.63) is 23.3 Å². The summed E-state index contributed by atoms with van der Waals surface area (Å²) < 4.78 is 0. The Bertz CT molecular complexity index is 478. The van der Waals surface area contributed by atoms with Crippen LogP contribution in [0.15, 0.2) is 6.20 Å². The van der Waals surface area contributed by atoms with Crippen molar-refractivity contribution in [2.45, 2.75) is 6.42 Å². The standard InChI is InChI=1S/C11H16N4O4/c1-15(3-5-17)11(19)8-6-13-9(10(12)18)7(14-8)2-4-16/h6,16-17H,2-5H2,1H3,(H2,12,18). The van der Waals surface area contributed by atoms with Crippen molar-refractivity contribution in [2.24, 2.45) is 5.73 Å². The summed E-state index contributed by atoms with van der Waals surface area (Å²) in [5.74, 6) is -1.20. The molecule has 0 aliphatic heterocycles. The number of likely N-dealkylation sites (N-methyl/N-ethyl adjacent to an activating group) is 1. The molecule has 0 fully saturated rings. The van der Waals surface area contributed by atoms with Crippen molar-refractivity contribution in [3.63, 3.8) is 0 Å². The first-order chi connectivity index (χ1) is 9.01. The van der Waals surface area contributed by atoms with Crippen molar-refractivity contribution in [1.29, 1.82) is 0 Å². The average Bonchev–Trinajstić information content (AvgIpc) is 2.38. The van der Waals surface area contributed by atoms with E-state index in [0.29, 0.717) is 0 Å². The molecule has 0 aliphatic carbocycles. The topological polar surface area (TPSA) is 130 Å². The first-order valence-electron chi connectivity index (χ1n) is 5.64. The van der Waals surface area contributed by atoms with Gasteiger partial charge >= 0.3 is 0 Å². The van der Waals surface area contributed by atoms with Crippen molar-refractivity contribution in [2.75, 3.05) is 26.8 Å². The minimum absolute atomic E-state index is 0.0319. The van der Waals surface area contributed by atoms with Crippen molar-refractivity contribution in [1.82, 2.24) is 14.9 Å². The first kappa shape index (κ1) is 15.0. The van der Waals surface area contributed by atoms with Crippen LogP contribution < -0.4 is 5.73 Å². The number of hydrogen-bond acceptors (Lipinski definition) is 6. The molecule has 0 spiro atoms. The van der Waals surface area contributed by atoms with Crippen LogP contribution in [0.3, 0.4) is 0 Å². The quantitative estimate of drug-likeness (QED) is 0.556. The lowest BCUT2D eigenvalue weighted by Gasteiger charge is -2.15. The third-order valence-corrected chi connectivity index (χ3v) is 2.43. The molecule has 8 nitrogen and oxygen atoms in total. The van der Waals surface area contributed by atoms with Gasteiger partial charge < -0.3 is 20.8 Å². The number of aromatic nitrogens is 2. The maximum Gasteiger partial charge on any atom is 0.273 e. The second kappa shape index (κ2) is 6.76. The summed E-state index contributed by atoms with van der Waals surface area (Å²) in [6.07, 6.45) is 1.23. The Balaban J connectivity index is 3.07. The molecule has 0 bridgehead atoms. The molecule has 0 radical (unpaired) electrons. The van der Waals surface area contributed by atoms with Crippen LogP contribution in [0, 0.1) is 0 Å². The zero-order valence-corrected chi connectivity index (χ0v) is 10.5. The number of carbonyl (C=O) groups excluding carboxylic acids is 2. The predicted octanol–water partition coefficient (Wildman–Crippen LogP) is -1.83. The monoisotopic (exact) mass is 268 g/mol. The molecule has 19 heavy (non-hydrogen) atoms. The number of aliphatic hydroxyl groups excluding tert-OH is 2. The molecule has 2 amide bonds. The number of carbonyl (C=O) groups is 2. The molecule has 8 heteroatoms. The van der Waals surface area contributed by atoms with Crippen molar-refractivity contribution in [3.8, 4) is 0 Å². The highest BCUT2D eigenvalue weighted by Gasteiger charge is 2.18. The predicted molar refractivity (Wildman–Crippen MR) is 65.4 cm³/mol. The lowest BCUT2D eigenvalue weighted by molar-refractivity contribution is 0.0759. The molecule has 1 heterocycles. The van der Waals surface area contributed by atoms with Gasteiger partial charge in [-0.1, -0.05) is 0 Å². The van der Waals surface area contributed by atoms with E-state index < -0.39 is 11.8 Å². The summed E-state index contributed by atoms with van der Waals surface area (Å²) >= 11 is 0. The normalized spacial score (nSPS) is 10.3. The Kier molecular flexibility index (Phi) is 5.34. The van der Waals surface area contributed by atoms with Crippen LogP contribution in [-0.2, 0) is 6.42 Å². The Morgan fingerprint density at radius 3 is 2.58 bits per heavy atom. The van der Waals surface area contributed by atoms with Gasteiger partial charge in [0.15, 0.2) is 0 Å². The van der Waals surface area contributed by atoms with E-state index in [-0.39, 0.29) is 43.3 Å². The highest BCUT2D eigenvalue weighted by atomic mass is 16.3. The first-order valence-corrected chi connectivity index (χ1v) is 5.64. The minimum Gasteiger partial charge on any atom is -0.396 e. The zero-order valence-electron chi connectivity index (χ0n) is 10.5. The maximum atomic E-state index is 11.9. The van der Waals surface area contributed by atoms with Gasteiger partial charge in [0.2, 0.25) is 0 Å². The van der Waals surface area contributed by atoms with Crippen LogP contribution in [0.4, 0.5) is 0 Å². The smallest absolute Gasteiger partial charge is 0.273 e. The fourth-order valence-corrected chi connectivity index (χ4v) is 1.46. The van der Waals surface area contributed by atoms with Crippen molar-refractivity contribution >= 4 is 11.8 Å². The number of nitrogens with zero attached hydrogens (tertiary/aromatic N) is 3. The SMILES string of the molecule is CN(CCO)C(=O)c1cnc(C(N)=O)c(CCO)n1. The highest BCUT2D eigenvalue weighted by molar-refractivity contribution is 5.94. The van der Waals surface area contributed by atoms with Crippen molar-refractivity contribution < 1.29 is 19.8 Å². The summed E-state index contributed by atoms with van der Waals surface area (Å²) in [5.41, 5.74) is 5.28. The van der Waals surface area contributed by atoms with Gasteiger partial charge in [-0.25, -0.2) is 9.97 Å². The second-order valence-electron chi connectivity index (χ2n) is 3.84. The largest absolute Gasteiger partial charge is 0.396 e. The van der Waals surface area contributed by atoms with E-state index in [1.54, 1.807) is 0 Å². The van der Waals surface area contributed by atoms with Gasteiger partial charge in [-0.15, -0.1) is 0 Å². The van der Waals surface area contributed by atoms with Crippen LogP contribution in [0.25, 0.3) is 0 Å². The van der Waals surface area contributed by atoms with Gasteiger partial charge in [0.1, 0.15) is 11.4 Å². The molecule has 1 aromatic heterocycles. The molecule has 0 unspecified atom stereocenters. The number of hydrogen-bond donors (Lipinski definition) is 3. The average molecular weight is 268 g/mol. The summed E-state index contributed by atoms with van der Waals surface area (Å²) in [6.45, 7) is -0.245. The van der Waals surface area contributed by atoms with Crippen LogP contribution in [0.2, 0.25) is 0 Å². The van der Waals surface area contributed by atoms with Gasteiger partial charge in [-0.05, 0) is 0 Å². The van der Waals surface area contributed by atoms with E-state index in [2.05, 4.69) is 9.97 Å². The van der Waals surface area contributed by atoms with E-state index >= 15 is 0 Å². The van der Waals surface area contributed by atoms with E-state index in [1.165, 1.54) is 11.9 Å². The summed E-state index contributed by atoms with van der Waals surface area (Å²) in [5, 5.41) is 17.7. The van der Waals surface area contributed by atoms with Gasteiger partial charge in [0.25, 0.3) is 11.8 Å². The minimum atomic E-state index is -0.765. The third-order valence-electron chi connectivity index (χ3n) is 2.43. The second-order valence-corrected chi connectivity index (χ2v) is 3.84. The Hall–Kier alpha value is -2.06. The molecule has 4 N–H and O–H groups in total. The Labute approximate surface area is 109 Å². The number of amides is 2. The lowest BCUT2D eigenvalue weighted by atomic mass is 10.2. The summed E-state index contributed by atoms with van der Waals surface area (Å²) in [4.78, 5) is 32.1. The van der Waals surface area contributed by atoms with E-state index in [1.807, 2.05) is 0 Å². The van der Waals surface area contributed by atoms with Gasteiger partial charge in [-0.2, -0.15) is 0 Å². The van der Waals surface area contributed by atoms with Gasteiger partial charge in [-0.3, -0.25) is 9.59 Å². The Morgan fingerprint density at radius 2 is 2.05 bits per heavy atom. The van der Waals surface area contributed by atoms with Gasteiger partial charge in [0, 0.05) is 26.6 Å². The zero-order chi connectivity index (χ0) is 14.4. The molecule has 0 saturated carbocycles. The molecule has 0 aromatic carbocycles. The molecule has 1 aromatic rings. The summed E-state index contributed by atoms with van der Waals surface area (Å²) in [6, 6.07) is 0. The molecule has 104 valence electrons. The maximum absolute atomic E-state index is 11.9. The molecule has 0 aliphatic rings. The number of aliphatic hydroxyl groups is 2. The van der Waals surface area contributed by atoms with E-state index in [0.717, 1.165) is 6.20 Å². The van der Waals surface area contributed by atoms with E-state index in [4.69, 9.17) is 15.9 Å². The van der Waals surface area contributed by atoms with Crippen LogP contribution in [-0.4, -0.2) is 63.7 Å². The molecular formula is C11H16N4O4. The number of primary amides is 1. The fourth-order valence-electron chi connectivity index (χ4n) is 1.46. The molecule has 0 saturated heterocycles. The molecule has 0 atom stereocenters. The van der Waals surface area contributed by atoms with E-state index in [9.17, 15) is 9.59 Å². The lowest BCUT2D eigenvalue weighted by Crippen LogP contribution is -2.31. The Morgan fingerprint density at radius 1 is 1.37 bits per heavy atom. The van der Waals surface area contributed by atoms with Crippen LogP contribution >= 0.6 is 0 Å². The van der Waals surface area contributed by atoms with Gasteiger partial charge in [0.05, 0.1) is 18.5 Å². The molecule has 1 rings (SSSR count). The third kappa shape index (κ3) is 3.70. The van der Waals surface area contributed by atoms with Crippen LogP contribution in [0.5, 0.6) is 0 Å². The number of nitrogens with two attached hydrogens (primary N) is 1. The summed E-state index contributed by atoms with van der Waals surface area (Å²) in [7, 11) is 1.51. The fraction of sp³-hybridized carbons (Fsp3) is 0.455. The highest BCUT2D eigenvalue weighted by Crippen LogP contribution is 2.06. The molecular weight excluding hydrogens is 252 g/mol. The van der Waals surface area contributed by atoms with Crippen LogP contribution in [0.1, 0.15) is 26.7 Å².